The Morgan fingerprint density at radius 2 is 2.00 bits per heavy atom. The van der Waals surface area contributed by atoms with E-state index in [2.05, 4.69) is 15.4 Å². The summed E-state index contributed by atoms with van der Waals surface area (Å²) in [4.78, 5) is 16.4. The molecular formula is C22H20ClN5O4S. The van der Waals surface area contributed by atoms with E-state index >= 15 is 0 Å². The number of nitrogens with two attached hydrogens (primary N) is 1. The molecule has 2 heterocycles. The molecule has 0 bridgehead atoms. The van der Waals surface area contributed by atoms with Crippen molar-refractivity contribution in [3.8, 4) is 5.75 Å². The molecule has 2 aromatic carbocycles. The molecule has 0 saturated carbocycles. The normalized spacial score (nSPS) is 11.5. The number of hydrogen-bond donors (Lipinski definition) is 2. The zero-order valence-electron chi connectivity index (χ0n) is 17.5. The molecule has 0 atom stereocenters. The zero-order valence-corrected chi connectivity index (χ0v) is 19.1. The van der Waals surface area contributed by atoms with Crippen LogP contribution in [0.4, 0.5) is 5.69 Å². The number of ether oxygens (including phenoxy) is 1. The average Bonchev–Trinajstić information content (AvgIpc) is 3.16. The van der Waals surface area contributed by atoms with Gasteiger partial charge in [0, 0.05) is 34.1 Å². The lowest BCUT2D eigenvalue weighted by atomic mass is 10.1. The van der Waals surface area contributed by atoms with E-state index in [4.69, 9.17) is 21.5 Å². The lowest BCUT2D eigenvalue weighted by Gasteiger charge is -2.08. The van der Waals surface area contributed by atoms with Gasteiger partial charge in [0.15, 0.2) is 0 Å². The summed E-state index contributed by atoms with van der Waals surface area (Å²) in [6, 6.07) is 11.7. The fourth-order valence-corrected chi connectivity index (χ4v) is 4.40. The molecule has 0 spiro atoms. The van der Waals surface area contributed by atoms with Crippen LogP contribution in [-0.2, 0) is 27.8 Å². The lowest BCUT2D eigenvalue weighted by molar-refractivity contribution is -0.115. The molecule has 3 N–H and O–H groups in total. The predicted octanol–water partition coefficient (Wildman–Crippen LogP) is 2.97. The summed E-state index contributed by atoms with van der Waals surface area (Å²) in [5, 5.41) is 13.4. The number of primary sulfonamides is 1. The standard InChI is InChI=1S/C22H20ClN5O4S/c1-32-20-11-25-7-6-15(20)12-28-13-17-19(27-28)9-16(10-21(17)33(24,30)31)26-22(29)8-14-4-2-3-5-18(14)23/h2-7,9-11,13H,8,12H2,1H3,(H,26,29)(H2,24,30,31). The van der Waals surface area contributed by atoms with Crippen molar-refractivity contribution in [2.24, 2.45) is 5.14 Å². The number of nitrogens with one attached hydrogen (secondary N) is 1. The zero-order chi connectivity index (χ0) is 23.6. The SMILES string of the molecule is COc1cnccc1Cn1cc2c(S(N)(=O)=O)cc(NC(=O)Cc3ccccc3Cl)cc2n1. The molecule has 11 heteroatoms. The van der Waals surface area contributed by atoms with E-state index in [0.717, 1.165) is 5.56 Å². The minimum Gasteiger partial charge on any atom is -0.495 e. The van der Waals surface area contributed by atoms with E-state index in [1.165, 1.54) is 13.2 Å². The Bertz CT molecular complexity index is 1450. The van der Waals surface area contributed by atoms with Crippen molar-refractivity contribution in [3.05, 3.63) is 77.2 Å². The van der Waals surface area contributed by atoms with E-state index < -0.39 is 10.0 Å². The van der Waals surface area contributed by atoms with Crippen LogP contribution < -0.4 is 15.2 Å². The van der Waals surface area contributed by atoms with Crippen LogP contribution in [0.3, 0.4) is 0 Å². The van der Waals surface area contributed by atoms with Crippen LogP contribution in [0.15, 0.2) is 66.0 Å². The van der Waals surface area contributed by atoms with Crippen molar-refractivity contribution in [3.63, 3.8) is 0 Å². The number of halogens is 1. The van der Waals surface area contributed by atoms with E-state index in [-0.39, 0.29) is 22.9 Å². The summed E-state index contributed by atoms with van der Waals surface area (Å²) in [6.45, 7) is 0.318. The van der Waals surface area contributed by atoms with Gasteiger partial charge in [-0.25, -0.2) is 13.6 Å². The van der Waals surface area contributed by atoms with Crippen LogP contribution in [0.2, 0.25) is 5.02 Å². The molecule has 0 aliphatic carbocycles. The largest absolute Gasteiger partial charge is 0.495 e. The Morgan fingerprint density at radius 1 is 1.21 bits per heavy atom. The number of sulfonamides is 1. The smallest absolute Gasteiger partial charge is 0.238 e. The summed E-state index contributed by atoms with van der Waals surface area (Å²) in [5.74, 6) is 0.222. The molecular weight excluding hydrogens is 466 g/mol. The number of carbonyl (C=O) groups is 1. The topological polar surface area (TPSA) is 129 Å². The first kappa shape index (κ1) is 22.7. The highest BCUT2D eigenvalue weighted by atomic mass is 35.5. The minimum atomic E-state index is -4.09. The molecule has 0 radical (unpaired) electrons. The van der Waals surface area contributed by atoms with Crippen LogP contribution in [0.5, 0.6) is 5.75 Å². The molecule has 0 saturated heterocycles. The molecule has 33 heavy (non-hydrogen) atoms. The van der Waals surface area contributed by atoms with E-state index in [1.807, 2.05) is 0 Å². The Balaban J connectivity index is 1.67. The Labute approximate surface area is 195 Å². The second-order valence-corrected chi connectivity index (χ2v) is 9.22. The van der Waals surface area contributed by atoms with Gasteiger partial charge in [0.1, 0.15) is 5.75 Å². The molecule has 2 aromatic heterocycles. The van der Waals surface area contributed by atoms with Crippen molar-refractivity contribution >= 4 is 44.1 Å². The first-order valence-electron chi connectivity index (χ1n) is 9.79. The number of hydrogen-bond acceptors (Lipinski definition) is 6. The van der Waals surface area contributed by atoms with Crippen LogP contribution in [0, 0.1) is 0 Å². The maximum absolute atomic E-state index is 12.6. The van der Waals surface area contributed by atoms with Crippen LogP contribution >= 0.6 is 11.6 Å². The van der Waals surface area contributed by atoms with Gasteiger partial charge in [0.2, 0.25) is 15.9 Å². The summed E-state index contributed by atoms with van der Waals surface area (Å²) >= 11 is 6.12. The minimum absolute atomic E-state index is 0.0265. The van der Waals surface area contributed by atoms with Gasteiger partial charge >= 0.3 is 0 Å². The number of carbonyl (C=O) groups excluding carboxylic acids is 1. The number of anilines is 1. The van der Waals surface area contributed by atoms with Crippen LogP contribution in [-0.4, -0.2) is 36.2 Å². The maximum atomic E-state index is 12.6. The fraction of sp³-hybridized carbons (Fsp3) is 0.136. The number of fused-ring (bicyclic) bond motifs is 1. The third-order valence-corrected chi connectivity index (χ3v) is 6.28. The van der Waals surface area contributed by atoms with Gasteiger partial charge in [-0.15, -0.1) is 0 Å². The Kier molecular flexibility index (Phi) is 6.32. The van der Waals surface area contributed by atoms with Gasteiger partial charge in [-0.05, 0) is 29.8 Å². The van der Waals surface area contributed by atoms with Gasteiger partial charge in [-0.2, -0.15) is 5.10 Å². The summed E-state index contributed by atoms with van der Waals surface area (Å²) in [7, 11) is -2.55. The van der Waals surface area contributed by atoms with Crippen LogP contribution in [0.1, 0.15) is 11.1 Å². The van der Waals surface area contributed by atoms with Crippen molar-refractivity contribution in [1.82, 2.24) is 14.8 Å². The van der Waals surface area contributed by atoms with E-state index in [1.54, 1.807) is 59.7 Å². The number of nitrogens with zero attached hydrogens (tertiary/aromatic N) is 3. The van der Waals surface area contributed by atoms with Crippen molar-refractivity contribution in [2.75, 3.05) is 12.4 Å². The van der Waals surface area contributed by atoms with Crippen LogP contribution in [0.25, 0.3) is 10.9 Å². The number of methoxy groups -OCH3 is 1. The second-order valence-electron chi connectivity index (χ2n) is 7.28. The number of benzene rings is 2. The summed E-state index contributed by atoms with van der Waals surface area (Å²) in [5.41, 5.74) is 2.09. The molecule has 0 aliphatic heterocycles. The molecule has 170 valence electrons. The van der Waals surface area contributed by atoms with Crippen molar-refractivity contribution in [1.29, 1.82) is 0 Å². The lowest BCUT2D eigenvalue weighted by Crippen LogP contribution is -2.16. The Hall–Kier alpha value is -3.47. The number of pyridine rings is 1. The monoisotopic (exact) mass is 485 g/mol. The molecule has 0 unspecified atom stereocenters. The van der Waals surface area contributed by atoms with E-state index in [9.17, 15) is 13.2 Å². The van der Waals surface area contributed by atoms with Crippen molar-refractivity contribution < 1.29 is 17.9 Å². The van der Waals surface area contributed by atoms with Gasteiger partial charge in [0.25, 0.3) is 0 Å². The molecule has 4 rings (SSSR count). The van der Waals surface area contributed by atoms with Gasteiger partial charge in [0.05, 0.1) is 36.7 Å². The summed E-state index contributed by atoms with van der Waals surface area (Å²) < 4.78 is 31.4. The highest BCUT2D eigenvalue weighted by Crippen LogP contribution is 2.27. The predicted molar refractivity (Wildman–Crippen MR) is 125 cm³/mol. The summed E-state index contributed by atoms with van der Waals surface area (Å²) in [6.07, 6.45) is 4.83. The number of rotatable bonds is 7. The number of aromatic nitrogens is 3. The quantitative estimate of drug-likeness (QED) is 0.414. The van der Waals surface area contributed by atoms with Gasteiger partial charge < -0.3 is 10.1 Å². The highest BCUT2D eigenvalue weighted by molar-refractivity contribution is 7.89. The van der Waals surface area contributed by atoms with E-state index in [0.29, 0.717) is 33.8 Å². The molecule has 4 aromatic rings. The highest BCUT2D eigenvalue weighted by Gasteiger charge is 2.19. The number of amides is 1. The first-order chi connectivity index (χ1) is 15.7. The molecule has 9 nitrogen and oxygen atoms in total. The third-order valence-electron chi connectivity index (χ3n) is 4.96. The van der Waals surface area contributed by atoms with Gasteiger partial charge in [-0.3, -0.25) is 14.5 Å². The molecule has 0 fully saturated rings. The Morgan fingerprint density at radius 3 is 2.73 bits per heavy atom. The molecule has 1 amide bonds. The molecule has 0 aliphatic rings. The third kappa shape index (κ3) is 5.14. The van der Waals surface area contributed by atoms with Crippen molar-refractivity contribution in [2.45, 2.75) is 17.9 Å². The average molecular weight is 486 g/mol. The maximum Gasteiger partial charge on any atom is 0.238 e. The first-order valence-corrected chi connectivity index (χ1v) is 11.7. The van der Waals surface area contributed by atoms with Gasteiger partial charge in [-0.1, -0.05) is 29.8 Å². The fourth-order valence-electron chi connectivity index (χ4n) is 3.45. The second kappa shape index (κ2) is 9.18.